The summed E-state index contributed by atoms with van der Waals surface area (Å²) in [6.45, 7) is 10.3. The summed E-state index contributed by atoms with van der Waals surface area (Å²) in [5.41, 5.74) is 0.711. The normalized spacial score (nSPS) is 18.0. The molecule has 177 valence electrons. The van der Waals surface area contributed by atoms with Gasteiger partial charge in [-0.15, -0.1) is 5.10 Å². The van der Waals surface area contributed by atoms with E-state index in [2.05, 4.69) is 22.0 Å². The van der Waals surface area contributed by atoms with Crippen LogP contribution in [0.3, 0.4) is 0 Å². The summed E-state index contributed by atoms with van der Waals surface area (Å²) in [6.07, 6.45) is 6.79. The maximum Gasteiger partial charge on any atom is 0.410 e. The second-order valence-corrected chi connectivity index (χ2v) is 9.52. The number of piperidine rings is 1. The van der Waals surface area contributed by atoms with Crippen LogP contribution in [0, 0.1) is 0 Å². The van der Waals surface area contributed by atoms with Gasteiger partial charge in [0.15, 0.2) is 12.9 Å². The first-order valence-corrected chi connectivity index (χ1v) is 11.8. The fourth-order valence-corrected chi connectivity index (χ4v) is 3.99. The number of rotatable bonds is 9. The van der Waals surface area contributed by atoms with Gasteiger partial charge in [0.25, 0.3) is 0 Å². The Morgan fingerprint density at radius 1 is 1.45 bits per heavy atom. The van der Waals surface area contributed by atoms with Gasteiger partial charge in [-0.3, -0.25) is 0 Å². The zero-order valence-corrected chi connectivity index (χ0v) is 20.5. The van der Waals surface area contributed by atoms with Gasteiger partial charge >= 0.3 is 12.1 Å². The Morgan fingerprint density at radius 3 is 2.94 bits per heavy atom. The van der Waals surface area contributed by atoms with E-state index >= 15 is 0 Å². The number of anilines is 1. The van der Waals surface area contributed by atoms with Gasteiger partial charge < -0.3 is 19.7 Å². The maximum absolute atomic E-state index is 12.9. The van der Waals surface area contributed by atoms with Crippen LogP contribution < -0.4 is 10.0 Å². The van der Waals surface area contributed by atoms with Gasteiger partial charge in [-0.1, -0.05) is 13.3 Å². The predicted molar refractivity (Wildman–Crippen MR) is 130 cm³/mol. The predicted octanol–water partition coefficient (Wildman–Crippen LogP) is 3.18. The molecule has 0 aliphatic carbocycles. The first kappa shape index (κ1) is 23.7. The van der Waals surface area contributed by atoms with Crippen LogP contribution in [0.15, 0.2) is 6.20 Å². The number of nitrogens with zero attached hydrogens (tertiary/aromatic N) is 5. The molecule has 3 rings (SSSR count). The highest BCUT2D eigenvalue weighted by molar-refractivity contribution is 6.89. The number of imidazole rings is 1. The minimum Gasteiger partial charge on any atom is -0.459 e. The summed E-state index contributed by atoms with van der Waals surface area (Å²) in [5, 5.41) is 5.76. The summed E-state index contributed by atoms with van der Waals surface area (Å²) in [5.74, 6) is 0.314. The van der Waals surface area contributed by atoms with Crippen LogP contribution in [0.2, 0.25) is 1.41 Å². The molecule has 3 heterocycles. The minimum atomic E-state index is -0.552. The number of likely N-dealkylation sites (tertiary alicyclic amines) is 1. The number of amides is 1. The Kier molecular flexibility index (Phi) is 7.98. The molecule has 0 aromatic carbocycles. The number of nitrogens with one attached hydrogen (secondary N) is 1. The summed E-state index contributed by atoms with van der Waals surface area (Å²) in [4.78, 5) is 23.6. The van der Waals surface area contributed by atoms with Gasteiger partial charge in [0.1, 0.15) is 5.60 Å². The van der Waals surface area contributed by atoms with E-state index < -0.39 is 5.60 Å². The second-order valence-electron chi connectivity index (χ2n) is 9.52. The van der Waals surface area contributed by atoms with E-state index in [-0.39, 0.29) is 30.7 Å². The van der Waals surface area contributed by atoms with Crippen LogP contribution in [0.25, 0.3) is 5.65 Å². The number of hydrogen-bond donors (Lipinski definition) is 1. The standard InChI is InChI=1S/C22H35B2N6O3/c1-6-9-15(2)32-20-27-18(26-14-24-23)19-25-13-17(30(19)28-20)12-16-10-7-8-11-29(16)21(31)33-22(3,4)5/h13,15-16H,6-12,14H2,1-5H3,(H,26,27,28)/t15-,16?/m0/s1/i/hD. The number of fused-ring (bicyclic) bond motifs is 1. The van der Waals surface area contributed by atoms with Crippen LogP contribution in [0.4, 0.5) is 10.6 Å². The van der Waals surface area contributed by atoms with Crippen molar-refractivity contribution in [1.82, 2.24) is 24.5 Å². The first-order valence-electron chi connectivity index (χ1n) is 12.3. The molecule has 11 heteroatoms. The molecule has 1 fully saturated rings. The highest BCUT2D eigenvalue weighted by Gasteiger charge is 2.31. The molecule has 2 aromatic heterocycles. The van der Waals surface area contributed by atoms with Crippen molar-refractivity contribution < 1.29 is 15.7 Å². The quantitative estimate of drug-likeness (QED) is 0.582. The van der Waals surface area contributed by atoms with Crippen molar-refractivity contribution >= 4 is 32.5 Å². The lowest BCUT2D eigenvalue weighted by Gasteiger charge is -2.36. The highest BCUT2D eigenvalue weighted by atomic mass is 16.6. The molecule has 2 aromatic rings. The third-order valence-corrected chi connectivity index (χ3v) is 5.44. The molecule has 0 bridgehead atoms. The zero-order chi connectivity index (χ0) is 24.9. The van der Waals surface area contributed by atoms with Gasteiger partial charge in [0.2, 0.25) is 0 Å². The van der Waals surface area contributed by atoms with Crippen molar-refractivity contribution in [2.24, 2.45) is 0 Å². The molecule has 1 unspecified atom stereocenters. The summed E-state index contributed by atoms with van der Waals surface area (Å²) >= 11 is 0. The molecule has 1 amide bonds. The Hall–Kier alpha value is -2.45. The summed E-state index contributed by atoms with van der Waals surface area (Å²) in [6, 6.07) is 0.152. The van der Waals surface area contributed by atoms with Crippen molar-refractivity contribution in [1.29, 1.82) is 0 Å². The van der Waals surface area contributed by atoms with Gasteiger partial charge in [-0.2, -0.15) is 4.98 Å². The third kappa shape index (κ3) is 6.77. The molecule has 9 nitrogen and oxygen atoms in total. The van der Waals surface area contributed by atoms with Gasteiger partial charge in [-0.05, 0) is 59.8 Å². The van der Waals surface area contributed by atoms with Crippen LogP contribution in [-0.2, 0) is 11.2 Å². The van der Waals surface area contributed by atoms with E-state index in [1.165, 1.54) is 12.5 Å². The molecule has 3 radical (unpaired) electrons. The second kappa shape index (κ2) is 11.1. The first-order chi connectivity index (χ1) is 16.1. The van der Waals surface area contributed by atoms with Crippen molar-refractivity contribution in [2.45, 2.75) is 90.9 Å². The van der Waals surface area contributed by atoms with E-state index in [0.29, 0.717) is 24.4 Å². The molecular weight excluding hydrogens is 418 g/mol. The van der Waals surface area contributed by atoms with Gasteiger partial charge in [-0.25, -0.2) is 14.3 Å². The SMILES string of the molecule is [2H]N(C[B][B])c1nc(O[C@@H](C)CCC)nn2c(CC3CCCCN3C(=O)OC(C)(C)C)cnc12. The summed E-state index contributed by atoms with van der Waals surface area (Å²) in [7, 11) is 6.93. The molecule has 2 atom stereocenters. The van der Waals surface area contributed by atoms with E-state index in [0.717, 1.165) is 37.8 Å². The van der Waals surface area contributed by atoms with Crippen molar-refractivity contribution in [3.05, 3.63) is 11.9 Å². The number of carbonyl (C=O) groups is 1. The Labute approximate surface area is 200 Å². The largest absolute Gasteiger partial charge is 0.459 e. The topological polar surface area (TPSA) is 93.9 Å². The van der Waals surface area contributed by atoms with Gasteiger partial charge in [0.05, 0.1) is 25.2 Å². The lowest BCUT2D eigenvalue weighted by Crippen LogP contribution is -2.47. The average Bonchev–Trinajstić information content (AvgIpc) is 3.15. The Bertz CT molecular complexity index is 970. The molecule has 0 spiro atoms. The number of carbonyl (C=O) groups excluding carboxylic acids is 1. The Morgan fingerprint density at radius 2 is 2.24 bits per heavy atom. The van der Waals surface area contributed by atoms with E-state index in [9.17, 15) is 4.79 Å². The average molecular weight is 454 g/mol. The van der Waals surface area contributed by atoms with E-state index in [1.54, 1.807) is 10.7 Å². The van der Waals surface area contributed by atoms with Crippen LogP contribution in [0.5, 0.6) is 6.01 Å². The molecule has 1 aliphatic rings. The highest BCUT2D eigenvalue weighted by Crippen LogP contribution is 2.25. The van der Waals surface area contributed by atoms with Crippen LogP contribution >= 0.6 is 0 Å². The molecule has 1 N–H and O–H groups in total. The molecule has 33 heavy (non-hydrogen) atoms. The van der Waals surface area contributed by atoms with E-state index in [1.807, 2.05) is 32.6 Å². The summed E-state index contributed by atoms with van der Waals surface area (Å²) < 4.78 is 21.6. The smallest absolute Gasteiger partial charge is 0.410 e. The number of ether oxygens (including phenoxy) is 2. The number of aromatic nitrogens is 4. The van der Waals surface area contributed by atoms with Gasteiger partial charge in [0, 0.05) is 26.7 Å². The third-order valence-electron chi connectivity index (χ3n) is 5.44. The molecule has 1 saturated heterocycles. The molecule has 1 aliphatic heterocycles. The fraction of sp³-hybridized carbons (Fsp3) is 0.727. The van der Waals surface area contributed by atoms with Crippen LogP contribution in [0.1, 0.15) is 72.4 Å². The van der Waals surface area contributed by atoms with Crippen molar-refractivity contribution in [3.8, 4) is 6.01 Å². The van der Waals surface area contributed by atoms with E-state index in [4.69, 9.17) is 18.6 Å². The van der Waals surface area contributed by atoms with Crippen molar-refractivity contribution in [2.75, 3.05) is 18.3 Å². The molecular formula is C22H35B2N6O3. The Balaban J connectivity index is 1.93. The lowest BCUT2D eigenvalue weighted by molar-refractivity contribution is 0.00978. The number of hydrogen-bond acceptors (Lipinski definition) is 7. The maximum atomic E-state index is 12.9. The van der Waals surface area contributed by atoms with Crippen LogP contribution in [-0.4, -0.2) is 76.2 Å². The lowest BCUT2D eigenvalue weighted by atomic mass is 9.56. The monoisotopic (exact) mass is 454 g/mol. The fourth-order valence-electron chi connectivity index (χ4n) is 3.99. The van der Waals surface area contributed by atoms with Crippen molar-refractivity contribution in [3.63, 3.8) is 0 Å². The molecule has 0 saturated carbocycles. The zero-order valence-electron chi connectivity index (χ0n) is 21.5. The minimum absolute atomic E-state index is 0.0326.